The highest BCUT2D eigenvalue weighted by Crippen LogP contribution is 2.39. The van der Waals surface area contributed by atoms with Crippen LogP contribution in [0, 0.1) is 29.1 Å². The van der Waals surface area contributed by atoms with Gasteiger partial charge in [-0.3, -0.25) is 0 Å². The highest BCUT2D eigenvalue weighted by Gasteiger charge is 2.27. The molecule has 0 aromatic heterocycles. The number of allylic oxidation sites excluding steroid dienone is 8. The van der Waals surface area contributed by atoms with Gasteiger partial charge in [-0.15, -0.1) is 39.5 Å². The summed E-state index contributed by atoms with van der Waals surface area (Å²) in [6, 6.07) is 0. The monoisotopic (exact) mass is 450 g/mol. The standard InChI is InChI=1S/C19H30.C14H24/c1-6-9-15(4)19(11-8-3)17(10-7-2)12-13-18-14-16(18)5;1-5-8-9-10-13-14(4,11-6-2)12-7-3/h6-8,13,15-17,19H,1-3,9-12,14H2,4-5H3;5-7H,1-3,8-13H2,4H3. The number of hydrogen-bond acceptors (Lipinski definition) is 0. The average molecular weight is 451 g/mol. The molecule has 1 fully saturated rings. The van der Waals surface area contributed by atoms with E-state index in [9.17, 15) is 0 Å². The topological polar surface area (TPSA) is 0 Å². The maximum absolute atomic E-state index is 3.94. The van der Waals surface area contributed by atoms with Gasteiger partial charge >= 0.3 is 0 Å². The molecule has 0 saturated heterocycles. The zero-order valence-electron chi connectivity index (χ0n) is 22.4. The second-order valence-electron chi connectivity index (χ2n) is 10.4. The molecule has 0 aromatic rings. The van der Waals surface area contributed by atoms with E-state index in [1.807, 2.05) is 24.3 Å². The van der Waals surface area contributed by atoms with Crippen LogP contribution in [0.15, 0.2) is 87.6 Å². The Bertz CT molecular complexity index is 606. The summed E-state index contributed by atoms with van der Waals surface area (Å²) in [5, 5.41) is 0. The highest BCUT2D eigenvalue weighted by atomic mass is 14.3. The van der Waals surface area contributed by atoms with Gasteiger partial charge < -0.3 is 0 Å². The summed E-state index contributed by atoms with van der Waals surface area (Å²) in [5.74, 6) is 2.91. The molecule has 1 rings (SSSR count). The van der Waals surface area contributed by atoms with Gasteiger partial charge in [0, 0.05) is 0 Å². The number of rotatable bonds is 19. The van der Waals surface area contributed by atoms with Crippen molar-refractivity contribution < 1.29 is 0 Å². The van der Waals surface area contributed by atoms with Gasteiger partial charge in [-0.05, 0) is 93.3 Å². The van der Waals surface area contributed by atoms with Crippen molar-refractivity contribution in [3.8, 4) is 0 Å². The summed E-state index contributed by atoms with van der Waals surface area (Å²) >= 11 is 0. The molecular weight excluding hydrogens is 396 g/mol. The first kappa shape index (κ1) is 31.2. The normalized spacial score (nSPS) is 18.8. The lowest BCUT2D eigenvalue weighted by Crippen LogP contribution is -2.21. The maximum Gasteiger partial charge on any atom is -0.0194 e. The molecule has 0 heterocycles. The van der Waals surface area contributed by atoms with E-state index in [0.717, 1.165) is 44.4 Å². The summed E-state index contributed by atoms with van der Waals surface area (Å²) in [4.78, 5) is 0. The molecule has 33 heavy (non-hydrogen) atoms. The largest absolute Gasteiger partial charge is 0.103 e. The Morgan fingerprint density at radius 2 is 1.39 bits per heavy atom. The van der Waals surface area contributed by atoms with Crippen molar-refractivity contribution >= 4 is 0 Å². The second-order valence-corrected chi connectivity index (χ2v) is 10.4. The lowest BCUT2D eigenvalue weighted by Gasteiger charge is -2.30. The minimum atomic E-state index is 0.380. The Hall–Kier alpha value is -1.82. The van der Waals surface area contributed by atoms with Crippen molar-refractivity contribution in [1.82, 2.24) is 0 Å². The number of unbranched alkanes of at least 4 members (excludes halogenated alkanes) is 2. The molecule has 0 aliphatic heterocycles. The summed E-state index contributed by atoms with van der Waals surface area (Å²) < 4.78 is 0. The highest BCUT2D eigenvalue weighted by molar-refractivity contribution is 5.21. The van der Waals surface area contributed by atoms with E-state index in [-0.39, 0.29) is 0 Å². The first-order chi connectivity index (χ1) is 15.8. The maximum atomic E-state index is 3.94. The summed E-state index contributed by atoms with van der Waals surface area (Å²) in [6.07, 6.45) is 27.7. The van der Waals surface area contributed by atoms with Crippen LogP contribution in [0.4, 0.5) is 0 Å². The first-order valence-electron chi connectivity index (χ1n) is 13.2. The van der Waals surface area contributed by atoms with Crippen molar-refractivity contribution in [3.05, 3.63) is 87.6 Å². The fourth-order valence-corrected chi connectivity index (χ4v) is 4.89. The third kappa shape index (κ3) is 14.1. The first-order valence-corrected chi connectivity index (χ1v) is 13.2. The van der Waals surface area contributed by atoms with Crippen molar-refractivity contribution in [2.75, 3.05) is 0 Å². The zero-order valence-corrected chi connectivity index (χ0v) is 22.4. The van der Waals surface area contributed by atoms with Gasteiger partial charge in [0.1, 0.15) is 0 Å². The lowest BCUT2D eigenvalue weighted by molar-refractivity contribution is 0.244. The van der Waals surface area contributed by atoms with E-state index >= 15 is 0 Å². The van der Waals surface area contributed by atoms with E-state index in [4.69, 9.17) is 0 Å². The molecule has 0 nitrogen and oxygen atoms in total. The van der Waals surface area contributed by atoms with Gasteiger partial charge in [0.15, 0.2) is 0 Å². The van der Waals surface area contributed by atoms with Gasteiger partial charge in [-0.25, -0.2) is 0 Å². The average Bonchev–Trinajstić information content (AvgIpc) is 3.48. The van der Waals surface area contributed by atoms with Crippen LogP contribution < -0.4 is 0 Å². The summed E-state index contributed by atoms with van der Waals surface area (Å²) in [5.41, 5.74) is 2.03. The molecule has 0 amide bonds. The quantitative estimate of drug-likeness (QED) is 0.135. The van der Waals surface area contributed by atoms with E-state index in [0.29, 0.717) is 23.2 Å². The molecule has 1 saturated carbocycles. The van der Waals surface area contributed by atoms with Crippen LogP contribution in [0.2, 0.25) is 0 Å². The minimum absolute atomic E-state index is 0.380. The second kappa shape index (κ2) is 18.6. The Kier molecular flexibility index (Phi) is 17.6. The molecule has 0 N–H and O–H groups in total. The summed E-state index contributed by atoms with van der Waals surface area (Å²) in [7, 11) is 0. The molecule has 4 atom stereocenters. The number of hydrogen-bond donors (Lipinski definition) is 0. The Morgan fingerprint density at radius 3 is 1.85 bits per heavy atom. The van der Waals surface area contributed by atoms with E-state index < -0.39 is 0 Å². The fourth-order valence-electron chi connectivity index (χ4n) is 4.89. The van der Waals surface area contributed by atoms with Crippen molar-refractivity contribution in [2.24, 2.45) is 29.1 Å². The minimum Gasteiger partial charge on any atom is -0.103 e. The van der Waals surface area contributed by atoms with Crippen LogP contribution >= 0.6 is 0 Å². The molecule has 186 valence electrons. The van der Waals surface area contributed by atoms with Gasteiger partial charge in [0.2, 0.25) is 0 Å². The van der Waals surface area contributed by atoms with Crippen molar-refractivity contribution in [3.63, 3.8) is 0 Å². The third-order valence-electron chi connectivity index (χ3n) is 7.19. The van der Waals surface area contributed by atoms with Crippen LogP contribution in [0.5, 0.6) is 0 Å². The SMILES string of the molecule is C=CCC(C)C(CC=C)C(CC=C)CC=C1CC1C.C=CCCCCC(C)(CC=C)CC=C. The molecule has 0 spiro atoms. The third-order valence-corrected chi connectivity index (χ3v) is 7.19. The molecule has 1 aliphatic rings. The van der Waals surface area contributed by atoms with Crippen LogP contribution in [-0.4, -0.2) is 0 Å². The van der Waals surface area contributed by atoms with Crippen molar-refractivity contribution in [2.45, 2.75) is 91.4 Å². The van der Waals surface area contributed by atoms with Crippen LogP contribution in [-0.2, 0) is 0 Å². The smallest absolute Gasteiger partial charge is 0.0194 e. The van der Waals surface area contributed by atoms with Crippen LogP contribution in [0.3, 0.4) is 0 Å². The Balaban J connectivity index is 0.000000653. The van der Waals surface area contributed by atoms with Gasteiger partial charge in [-0.2, -0.15) is 0 Å². The molecule has 0 heteroatoms. The fraction of sp³-hybridized carbons (Fsp3) is 0.576. The van der Waals surface area contributed by atoms with E-state index in [1.165, 1.54) is 32.1 Å². The van der Waals surface area contributed by atoms with Crippen molar-refractivity contribution in [1.29, 1.82) is 0 Å². The van der Waals surface area contributed by atoms with E-state index in [1.54, 1.807) is 5.57 Å². The molecule has 0 bridgehead atoms. The molecule has 4 unspecified atom stereocenters. The predicted molar refractivity (Wildman–Crippen MR) is 153 cm³/mol. The molecule has 0 aromatic carbocycles. The zero-order chi connectivity index (χ0) is 25.1. The van der Waals surface area contributed by atoms with E-state index in [2.05, 4.69) is 78.5 Å². The predicted octanol–water partition coefficient (Wildman–Crippen LogP) is 10.8. The van der Waals surface area contributed by atoms with Gasteiger partial charge in [0.25, 0.3) is 0 Å². The van der Waals surface area contributed by atoms with Crippen LogP contribution in [0.25, 0.3) is 0 Å². The Labute approximate surface area is 208 Å². The lowest BCUT2D eigenvalue weighted by atomic mass is 9.75. The van der Waals surface area contributed by atoms with Gasteiger partial charge in [0.05, 0.1) is 0 Å². The summed E-state index contributed by atoms with van der Waals surface area (Å²) in [6.45, 7) is 30.1. The molecule has 1 aliphatic carbocycles. The molecular formula is C33H54. The Morgan fingerprint density at radius 1 is 0.818 bits per heavy atom. The molecule has 0 radical (unpaired) electrons. The van der Waals surface area contributed by atoms with Gasteiger partial charge in [-0.1, -0.05) is 75.3 Å². The van der Waals surface area contributed by atoms with Crippen LogP contribution in [0.1, 0.15) is 91.4 Å².